The molecule has 1 aromatic carbocycles. The van der Waals surface area contributed by atoms with Crippen LogP contribution in [0.1, 0.15) is 24.0 Å². The first kappa shape index (κ1) is 19.3. The molecule has 1 aromatic heterocycles. The highest BCUT2D eigenvalue weighted by atomic mass is 16.3. The zero-order chi connectivity index (χ0) is 20.3. The third-order valence-electron chi connectivity index (χ3n) is 5.82. The van der Waals surface area contributed by atoms with Gasteiger partial charge >= 0.3 is 0 Å². The fourth-order valence-electron chi connectivity index (χ4n) is 4.00. The fraction of sp³-hybridized carbons (Fsp3) is 0.348. The van der Waals surface area contributed by atoms with Crippen LogP contribution in [0.25, 0.3) is 6.08 Å². The van der Waals surface area contributed by atoms with Gasteiger partial charge < -0.3 is 14.9 Å². The van der Waals surface area contributed by atoms with E-state index in [4.69, 9.17) is 5.11 Å². The summed E-state index contributed by atoms with van der Waals surface area (Å²) in [6.45, 7) is 2.35. The number of para-hydroxylation sites is 1. The van der Waals surface area contributed by atoms with Gasteiger partial charge in [-0.2, -0.15) is 0 Å². The molecule has 1 aliphatic carbocycles. The molecule has 0 radical (unpaired) electrons. The number of rotatable bonds is 6. The van der Waals surface area contributed by atoms with Crippen molar-refractivity contribution in [1.82, 2.24) is 9.88 Å². The van der Waals surface area contributed by atoms with Crippen molar-refractivity contribution < 1.29 is 14.7 Å². The largest absolute Gasteiger partial charge is 0.388 e. The molecule has 2 heterocycles. The summed E-state index contributed by atoms with van der Waals surface area (Å²) in [5, 5.41) is 8.91. The molecule has 1 saturated carbocycles. The summed E-state index contributed by atoms with van der Waals surface area (Å²) in [4.78, 5) is 33.0. The number of piperazine rings is 1. The number of hydrogen-bond acceptors (Lipinski definition) is 5. The number of benzene rings is 1. The Balaban J connectivity index is 1.44. The van der Waals surface area contributed by atoms with Gasteiger partial charge in [0.25, 0.3) is 0 Å². The number of aliphatic hydroxyl groups excluding tert-OH is 1. The van der Waals surface area contributed by atoms with Gasteiger partial charge in [0.05, 0.1) is 5.41 Å². The van der Waals surface area contributed by atoms with E-state index in [2.05, 4.69) is 9.88 Å². The van der Waals surface area contributed by atoms with E-state index in [0.29, 0.717) is 13.1 Å². The SMILES string of the molecule is O=C(/C=C/c1ccccc1N1CCN(C(=O)C2(c3cccnc3)CC2)CC1)CO. The van der Waals surface area contributed by atoms with Crippen LogP contribution in [-0.2, 0) is 15.0 Å². The van der Waals surface area contributed by atoms with Crippen LogP contribution in [0.3, 0.4) is 0 Å². The van der Waals surface area contributed by atoms with Crippen molar-refractivity contribution in [2.45, 2.75) is 18.3 Å². The number of hydrogen-bond donors (Lipinski definition) is 1. The van der Waals surface area contributed by atoms with Crippen LogP contribution in [0.5, 0.6) is 0 Å². The Labute approximate surface area is 170 Å². The number of amides is 1. The molecule has 150 valence electrons. The lowest BCUT2D eigenvalue weighted by atomic mass is 9.95. The lowest BCUT2D eigenvalue weighted by molar-refractivity contribution is -0.134. The number of ketones is 1. The second-order valence-corrected chi connectivity index (χ2v) is 7.62. The van der Waals surface area contributed by atoms with Gasteiger partial charge in [0.15, 0.2) is 5.78 Å². The minimum absolute atomic E-state index is 0.215. The molecule has 2 fully saturated rings. The number of carbonyl (C=O) groups is 2. The highest BCUT2D eigenvalue weighted by Crippen LogP contribution is 2.49. The van der Waals surface area contributed by atoms with Gasteiger partial charge in [0.2, 0.25) is 5.91 Å². The minimum atomic E-state index is -0.488. The number of carbonyl (C=O) groups excluding carboxylic acids is 2. The summed E-state index contributed by atoms with van der Waals surface area (Å²) >= 11 is 0. The Morgan fingerprint density at radius 3 is 2.48 bits per heavy atom. The van der Waals surface area contributed by atoms with Gasteiger partial charge in [0, 0.05) is 44.3 Å². The molecule has 0 spiro atoms. The first-order valence-electron chi connectivity index (χ1n) is 10.00. The fourth-order valence-corrected chi connectivity index (χ4v) is 4.00. The molecule has 4 rings (SSSR count). The van der Waals surface area contributed by atoms with Crippen LogP contribution in [0.15, 0.2) is 54.9 Å². The molecule has 2 aromatic rings. The number of anilines is 1. The summed E-state index contributed by atoms with van der Waals surface area (Å²) in [7, 11) is 0. The predicted octanol–water partition coefficient (Wildman–Crippen LogP) is 2.04. The molecule has 29 heavy (non-hydrogen) atoms. The van der Waals surface area contributed by atoms with Crippen LogP contribution in [0.2, 0.25) is 0 Å². The van der Waals surface area contributed by atoms with Gasteiger partial charge in [-0.05, 0) is 48.3 Å². The Hall–Kier alpha value is -2.99. The zero-order valence-corrected chi connectivity index (χ0v) is 16.3. The average Bonchev–Trinajstić information content (AvgIpc) is 3.60. The molecule has 6 nitrogen and oxygen atoms in total. The van der Waals surface area contributed by atoms with E-state index in [1.807, 2.05) is 47.5 Å². The van der Waals surface area contributed by atoms with E-state index in [-0.39, 0.29) is 17.1 Å². The third-order valence-corrected chi connectivity index (χ3v) is 5.82. The molecule has 1 aliphatic heterocycles. The lowest BCUT2D eigenvalue weighted by Gasteiger charge is -2.38. The Morgan fingerprint density at radius 1 is 1.07 bits per heavy atom. The van der Waals surface area contributed by atoms with E-state index in [1.165, 1.54) is 6.08 Å². The monoisotopic (exact) mass is 391 g/mol. The highest BCUT2D eigenvalue weighted by molar-refractivity contribution is 5.95. The van der Waals surface area contributed by atoms with Crippen molar-refractivity contribution in [2.75, 3.05) is 37.7 Å². The molecule has 1 N–H and O–H groups in total. The Morgan fingerprint density at radius 2 is 1.83 bits per heavy atom. The number of pyridine rings is 1. The maximum Gasteiger partial charge on any atom is 0.233 e. The Kier molecular flexibility index (Phi) is 5.45. The number of nitrogens with zero attached hydrogens (tertiary/aromatic N) is 3. The third kappa shape index (κ3) is 3.93. The van der Waals surface area contributed by atoms with Crippen molar-refractivity contribution in [2.24, 2.45) is 0 Å². The van der Waals surface area contributed by atoms with Crippen molar-refractivity contribution in [3.8, 4) is 0 Å². The van der Waals surface area contributed by atoms with Crippen molar-refractivity contribution in [3.63, 3.8) is 0 Å². The normalized spacial score (nSPS) is 18.1. The molecule has 1 saturated heterocycles. The topological polar surface area (TPSA) is 73.7 Å². The van der Waals surface area contributed by atoms with Gasteiger partial charge in [-0.1, -0.05) is 24.3 Å². The maximum absolute atomic E-state index is 13.2. The molecule has 6 heteroatoms. The van der Waals surface area contributed by atoms with Gasteiger partial charge in [-0.3, -0.25) is 14.6 Å². The average molecular weight is 391 g/mol. The lowest BCUT2D eigenvalue weighted by Crippen LogP contribution is -2.51. The number of aliphatic hydroxyl groups is 1. The standard InChI is InChI=1S/C23H25N3O3/c27-17-20(28)8-7-18-4-1-2-6-21(18)25-12-14-26(15-13-25)22(29)23(9-10-23)19-5-3-11-24-16-19/h1-8,11,16,27H,9-10,12-15,17H2/b8-7+. The first-order valence-corrected chi connectivity index (χ1v) is 10.00. The summed E-state index contributed by atoms with van der Waals surface area (Å²) in [6, 6.07) is 11.8. The van der Waals surface area contributed by atoms with E-state index < -0.39 is 6.61 Å². The van der Waals surface area contributed by atoms with Crippen molar-refractivity contribution in [1.29, 1.82) is 0 Å². The zero-order valence-electron chi connectivity index (χ0n) is 16.3. The summed E-state index contributed by atoms with van der Waals surface area (Å²) < 4.78 is 0. The summed E-state index contributed by atoms with van der Waals surface area (Å²) in [5.41, 5.74) is 2.62. The van der Waals surface area contributed by atoms with Crippen LogP contribution in [0.4, 0.5) is 5.69 Å². The minimum Gasteiger partial charge on any atom is -0.388 e. The quantitative estimate of drug-likeness (QED) is 0.763. The summed E-state index contributed by atoms with van der Waals surface area (Å²) in [5.74, 6) is -0.104. The first-order chi connectivity index (χ1) is 14.1. The predicted molar refractivity (Wildman–Crippen MR) is 112 cm³/mol. The van der Waals surface area contributed by atoms with Crippen molar-refractivity contribution >= 4 is 23.5 Å². The molecule has 0 unspecified atom stereocenters. The van der Waals surface area contributed by atoms with Crippen LogP contribution in [0, 0.1) is 0 Å². The molecule has 0 bridgehead atoms. The van der Waals surface area contributed by atoms with Gasteiger partial charge in [-0.25, -0.2) is 0 Å². The second kappa shape index (κ2) is 8.17. The van der Waals surface area contributed by atoms with Gasteiger partial charge in [-0.15, -0.1) is 0 Å². The number of aromatic nitrogens is 1. The maximum atomic E-state index is 13.2. The molecule has 2 aliphatic rings. The van der Waals surface area contributed by atoms with E-state index in [1.54, 1.807) is 12.3 Å². The highest BCUT2D eigenvalue weighted by Gasteiger charge is 2.53. The Bertz CT molecular complexity index is 914. The molecule has 1 amide bonds. The summed E-state index contributed by atoms with van der Waals surface area (Å²) in [6.07, 6.45) is 8.49. The second-order valence-electron chi connectivity index (χ2n) is 7.62. The smallest absolute Gasteiger partial charge is 0.233 e. The molecular weight excluding hydrogens is 366 g/mol. The van der Waals surface area contributed by atoms with Crippen LogP contribution >= 0.6 is 0 Å². The molecule has 0 atom stereocenters. The van der Waals surface area contributed by atoms with E-state index in [0.717, 1.165) is 42.7 Å². The van der Waals surface area contributed by atoms with E-state index in [9.17, 15) is 9.59 Å². The van der Waals surface area contributed by atoms with Crippen LogP contribution in [-0.4, -0.2) is 59.5 Å². The van der Waals surface area contributed by atoms with E-state index >= 15 is 0 Å². The molecular formula is C23H25N3O3. The van der Waals surface area contributed by atoms with Gasteiger partial charge in [0.1, 0.15) is 6.61 Å². The van der Waals surface area contributed by atoms with Crippen molar-refractivity contribution in [3.05, 3.63) is 66.0 Å². The van der Waals surface area contributed by atoms with Crippen LogP contribution < -0.4 is 4.90 Å².